The zero-order chi connectivity index (χ0) is 10.6. The standard InChI is InChI=1S/C10H14N2O2/c1-7(13)9(10(11)14)12-8-5-3-2-4-6-8/h2-7,9,12-13H,1H3,(H2,11,14). The van der Waals surface area contributed by atoms with Gasteiger partial charge >= 0.3 is 0 Å². The van der Waals surface area contributed by atoms with Crippen LogP contribution in [0.1, 0.15) is 6.92 Å². The molecule has 4 N–H and O–H groups in total. The normalized spacial score (nSPS) is 14.4. The molecule has 0 aliphatic heterocycles. The second-order valence-electron chi connectivity index (χ2n) is 3.13. The van der Waals surface area contributed by atoms with Crippen LogP contribution in [0.2, 0.25) is 0 Å². The van der Waals surface area contributed by atoms with E-state index in [9.17, 15) is 9.90 Å². The lowest BCUT2D eigenvalue weighted by molar-refractivity contribution is -0.120. The van der Waals surface area contributed by atoms with Gasteiger partial charge in [-0.3, -0.25) is 4.79 Å². The first kappa shape index (κ1) is 10.5. The third kappa shape index (κ3) is 2.74. The number of rotatable bonds is 4. The van der Waals surface area contributed by atoms with Crippen LogP contribution in [-0.4, -0.2) is 23.2 Å². The van der Waals surface area contributed by atoms with Gasteiger partial charge in [0, 0.05) is 5.69 Å². The number of para-hydroxylation sites is 1. The van der Waals surface area contributed by atoms with E-state index in [1.54, 1.807) is 12.1 Å². The minimum Gasteiger partial charge on any atom is -0.391 e. The summed E-state index contributed by atoms with van der Waals surface area (Å²) < 4.78 is 0. The van der Waals surface area contributed by atoms with Crippen molar-refractivity contribution in [2.24, 2.45) is 5.73 Å². The lowest BCUT2D eigenvalue weighted by Gasteiger charge is -2.18. The fraction of sp³-hybridized carbons (Fsp3) is 0.300. The van der Waals surface area contributed by atoms with Gasteiger partial charge in [-0.1, -0.05) is 18.2 Å². The Balaban J connectivity index is 2.70. The van der Waals surface area contributed by atoms with Crippen molar-refractivity contribution in [3.63, 3.8) is 0 Å². The van der Waals surface area contributed by atoms with Crippen LogP contribution in [0.5, 0.6) is 0 Å². The Bertz CT molecular complexity index is 298. The number of carbonyl (C=O) groups excluding carboxylic acids is 1. The molecule has 14 heavy (non-hydrogen) atoms. The molecule has 0 aliphatic rings. The summed E-state index contributed by atoms with van der Waals surface area (Å²) in [7, 11) is 0. The van der Waals surface area contributed by atoms with Gasteiger partial charge in [0.25, 0.3) is 0 Å². The highest BCUT2D eigenvalue weighted by Crippen LogP contribution is 2.08. The van der Waals surface area contributed by atoms with Gasteiger partial charge in [0.2, 0.25) is 5.91 Å². The van der Waals surface area contributed by atoms with E-state index in [4.69, 9.17) is 5.73 Å². The molecule has 0 saturated carbocycles. The molecule has 0 aromatic heterocycles. The fourth-order valence-corrected chi connectivity index (χ4v) is 1.14. The lowest BCUT2D eigenvalue weighted by Crippen LogP contribution is -2.43. The van der Waals surface area contributed by atoms with Crippen LogP contribution in [0, 0.1) is 0 Å². The van der Waals surface area contributed by atoms with Gasteiger partial charge in [0.1, 0.15) is 6.04 Å². The molecule has 1 aromatic carbocycles. The van der Waals surface area contributed by atoms with Crippen LogP contribution in [0.15, 0.2) is 30.3 Å². The Hall–Kier alpha value is -1.55. The quantitative estimate of drug-likeness (QED) is 0.646. The highest BCUT2D eigenvalue weighted by molar-refractivity contribution is 5.83. The van der Waals surface area contributed by atoms with Gasteiger partial charge in [-0.15, -0.1) is 0 Å². The molecule has 4 heteroatoms. The van der Waals surface area contributed by atoms with Gasteiger partial charge in [-0.2, -0.15) is 0 Å². The minimum atomic E-state index is -0.812. The van der Waals surface area contributed by atoms with Crippen molar-refractivity contribution in [2.45, 2.75) is 19.1 Å². The maximum Gasteiger partial charge on any atom is 0.242 e. The summed E-state index contributed by atoms with van der Waals surface area (Å²) in [5.74, 6) is -0.566. The Morgan fingerprint density at radius 1 is 1.43 bits per heavy atom. The summed E-state index contributed by atoms with van der Waals surface area (Å²) >= 11 is 0. The van der Waals surface area contributed by atoms with E-state index in [2.05, 4.69) is 5.32 Å². The monoisotopic (exact) mass is 194 g/mol. The molecule has 2 unspecified atom stereocenters. The van der Waals surface area contributed by atoms with Crippen LogP contribution in [0.25, 0.3) is 0 Å². The van der Waals surface area contributed by atoms with Crippen molar-refractivity contribution < 1.29 is 9.90 Å². The van der Waals surface area contributed by atoms with Crippen LogP contribution in [0.4, 0.5) is 5.69 Å². The summed E-state index contributed by atoms with van der Waals surface area (Å²) in [6, 6.07) is 8.39. The smallest absolute Gasteiger partial charge is 0.242 e. The van der Waals surface area contributed by atoms with Crippen LogP contribution >= 0.6 is 0 Å². The van der Waals surface area contributed by atoms with E-state index in [1.807, 2.05) is 18.2 Å². The first-order valence-electron chi connectivity index (χ1n) is 4.40. The van der Waals surface area contributed by atoms with E-state index in [0.29, 0.717) is 0 Å². The third-order valence-corrected chi connectivity index (χ3v) is 1.88. The predicted molar refractivity (Wildman–Crippen MR) is 54.7 cm³/mol. The van der Waals surface area contributed by atoms with Crippen molar-refractivity contribution in [3.8, 4) is 0 Å². The Labute approximate surface area is 82.7 Å². The summed E-state index contributed by atoms with van der Waals surface area (Å²) in [4.78, 5) is 10.9. The van der Waals surface area contributed by atoms with Crippen LogP contribution < -0.4 is 11.1 Å². The summed E-state index contributed by atoms with van der Waals surface area (Å²) in [6.45, 7) is 1.52. The molecule has 0 aliphatic carbocycles. The van der Waals surface area contributed by atoms with Gasteiger partial charge < -0.3 is 16.2 Å². The number of amides is 1. The maximum absolute atomic E-state index is 10.9. The average Bonchev–Trinajstić information content (AvgIpc) is 2.15. The van der Waals surface area contributed by atoms with Crippen molar-refractivity contribution in [1.29, 1.82) is 0 Å². The predicted octanol–water partition coefficient (Wildman–Crippen LogP) is 0.333. The molecule has 0 saturated heterocycles. The number of benzene rings is 1. The zero-order valence-electron chi connectivity index (χ0n) is 7.97. The molecule has 1 aromatic rings. The van der Waals surface area contributed by atoms with Gasteiger partial charge in [-0.05, 0) is 19.1 Å². The van der Waals surface area contributed by atoms with Gasteiger partial charge in [0.15, 0.2) is 0 Å². The molecule has 4 nitrogen and oxygen atoms in total. The van der Waals surface area contributed by atoms with Crippen molar-refractivity contribution in [3.05, 3.63) is 30.3 Å². The largest absolute Gasteiger partial charge is 0.391 e. The van der Waals surface area contributed by atoms with Crippen molar-refractivity contribution in [1.82, 2.24) is 0 Å². The molecule has 0 spiro atoms. The first-order valence-corrected chi connectivity index (χ1v) is 4.40. The molecule has 76 valence electrons. The van der Waals surface area contributed by atoms with E-state index >= 15 is 0 Å². The van der Waals surface area contributed by atoms with Crippen molar-refractivity contribution >= 4 is 11.6 Å². The second-order valence-corrected chi connectivity index (χ2v) is 3.13. The minimum absolute atomic E-state index is 0.566. The molecule has 0 heterocycles. The number of aliphatic hydroxyl groups is 1. The highest BCUT2D eigenvalue weighted by atomic mass is 16.3. The number of hydrogen-bond donors (Lipinski definition) is 3. The molecule has 1 amide bonds. The summed E-state index contributed by atoms with van der Waals surface area (Å²) in [5.41, 5.74) is 5.89. The lowest BCUT2D eigenvalue weighted by atomic mass is 10.1. The maximum atomic E-state index is 10.9. The molecule has 2 atom stereocenters. The molecular weight excluding hydrogens is 180 g/mol. The van der Waals surface area contributed by atoms with Gasteiger partial charge in [-0.25, -0.2) is 0 Å². The third-order valence-electron chi connectivity index (χ3n) is 1.88. The molecule has 0 radical (unpaired) electrons. The number of nitrogens with two attached hydrogens (primary N) is 1. The van der Waals surface area contributed by atoms with Crippen LogP contribution in [-0.2, 0) is 4.79 Å². The van der Waals surface area contributed by atoms with E-state index in [-0.39, 0.29) is 0 Å². The number of aliphatic hydroxyl groups excluding tert-OH is 1. The number of nitrogens with one attached hydrogen (secondary N) is 1. The molecule has 0 fully saturated rings. The van der Waals surface area contributed by atoms with Crippen LogP contribution in [0.3, 0.4) is 0 Å². The van der Waals surface area contributed by atoms with E-state index in [0.717, 1.165) is 5.69 Å². The average molecular weight is 194 g/mol. The Morgan fingerprint density at radius 3 is 2.43 bits per heavy atom. The molecule has 0 bridgehead atoms. The number of primary amides is 1. The molecular formula is C10H14N2O2. The summed E-state index contributed by atoms with van der Waals surface area (Å²) in [6.07, 6.45) is -0.812. The SMILES string of the molecule is CC(O)C(Nc1ccccc1)C(N)=O. The second kappa shape index (κ2) is 4.62. The number of hydrogen-bond acceptors (Lipinski definition) is 3. The van der Waals surface area contributed by atoms with Crippen molar-refractivity contribution in [2.75, 3.05) is 5.32 Å². The first-order chi connectivity index (χ1) is 6.61. The number of carbonyl (C=O) groups is 1. The Morgan fingerprint density at radius 2 is 2.00 bits per heavy atom. The summed E-state index contributed by atoms with van der Waals surface area (Å²) in [5, 5.41) is 12.1. The van der Waals surface area contributed by atoms with Gasteiger partial charge in [0.05, 0.1) is 6.10 Å². The van der Waals surface area contributed by atoms with E-state index in [1.165, 1.54) is 6.92 Å². The number of anilines is 1. The van der Waals surface area contributed by atoms with E-state index < -0.39 is 18.1 Å². The highest BCUT2D eigenvalue weighted by Gasteiger charge is 2.20. The molecule has 1 rings (SSSR count). The zero-order valence-corrected chi connectivity index (χ0v) is 7.97. The fourth-order valence-electron chi connectivity index (χ4n) is 1.14. The Kier molecular flexibility index (Phi) is 3.48. The topological polar surface area (TPSA) is 75.3 Å².